The number of aromatic nitrogens is 2. The van der Waals surface area contributed by atoms with Gasteiger partial charge in [-0.05, 0) is 41.3 Å². The molecular weight excluding hydrogens is 494 g/mol. The summed E-state index contributed by atoms with van der Waals surface area (Å²) in [6, 6.07) is 16.8. The zero-order valence-electron chi connectivity index (χ0n) is 20.0. The monoisotopic (exact) mass is 521 g/mol. The topological polar surface area (TPSA) is 73.7 Å². The zero-order valence-corrected chi connectivity index (χ0v) is 21.6. The molecule has 0 saturated carbocycles. The van der Waals surface area contributed by atoms with E-state index >= 15 is 0 Å². The van der Waals surface area contributed by atoms with Gasteiger partial charge in [0.25, 0.3) is 5.56 Å². The molecule has 0 radical (unpaired) electrons. The Bertz CT molecular complexity index is 1390. The van der Waals surface area contributed by atoms with Crippen LogP contribution < -0.4 is 10.3 Å². The lowest BCUT2D eigenvalue weighted by atomic mass is 10.0. The average Bonchev–Trinajstić information content (AvgIpc) is 3.40. The number of benzene rings is 2. The van der Waals surface area contributed by atoms with E-state index in [0.29, 0.717) is 33.3 Å². The second-order valence-corrected chi connectivity index (χ2v) is 10.4. The number of hydrogen-bond acceptors (Lipinski definition) is 8. The second kappa shape index (κ2) is 11.4. The van der Waals surface area contributed by atoms with Crippen molar-refractivity contribution in [3.05, 3.63) is 87.0 Å². The van der Waals surface area contributed by atoms with Crippen LogP contribution in [0.5, 0.6) is 5.75 Å². The number of nitrogens with zero attached hydrogens (tertiary/aromatic N) is 3. The molecule has 36 heavy (non-hydrogen) atoms. The lowest BCUT2D eigenvalue weighted by molar-refractivity contribution is 0.0322. The molecule has 2 aromatic heterocycles. The molecule has 0 spiro atoms. The summed E-state index contributed by atoms with van der Waals surface area (Å²) in [5.74, 6) is 1.39. The van der Waals surface area contributed by atoms with Crippen LogP contribution in [0.4, 0.5) is 0 Å². The molecule has 9 heteroatoms. The molecular formula is C27H27N3O4S2. The van der Waals surface area contributed by atoms with E-state index in [1.807, 2.05) is 60.0 Å². The minimum absolute atomic E-state index is 0.0213. The van der Waals surface area contributed by atoms with Gasteiger partial charge in [-0.2, -0.15) is 0 Å². The molecule has 0 N–H and O–H groups in total. The summed E-state index contributed by atoms with van der Waals surface area (Å²) in [5.41, 5.74) is 3.03. The number of thiophene rings is 1. The van der Waals surface area contributed by atoms with E-state index in [9.17, 15) is 9.59 Å². The predicted octanol–water partition coefficient (Wildman–Crippen LogP) is 4.23. The number of ether oxygens (including phenoxy) is 2. The Labute approximate surface area is 217 Å². The minimum Gasteiger partial charge on any atom is -0.492 e. The van der Waals surface area contributed by atoms with Crippen molar-refractivity contribution >= 4 is 39.1 Å². The third-order valence-corrected chi connectivity index (χ3v) is 8.12. The van der Waals surface area contributed by atoms with Gasteiger partial charge in [-0.3, -0.25) is 19.1 Å². The number of hydrogen-bond donors (Lipinski definition) is 0. The molecule has 0 bridgehead atoms. The SMILES string of the molecule is Cn1c(SCc2ccc(C(=O)c3ccc(OCCN4CCOCC4)cc3)cc2)nc2ccsc2c1=O. The molecule has 7 nitrogen and oxygen atoms in total. The second-order valence-electron chi connectivity index (χ2n) is 8.54. The normalized spacial score (nSPS) is 14.2. The van der Waals surface area contributed by atoms with Crippen molar-refractivity contribution in [3.8, 4) is 5.75 Å². The molecule has 0 aliphatic carbocycles. The molecule has 5 rings (SSSR count). The third-order valence-electron chi connectivity index (χ3n) is 6.13. The van der Waals surface area contributed by atoms with E-state index in [4.69, 9.17) is 9.47 Å². The molecule has 0 amide bonds. The van der Waals surface area contributed by atoms with Crippen LogP contribution in [0.15, 0.2) is 69.9 Å². The largest absolute Gasteiger partial charge is 0.492 e. The fourth-order valence-corrected chi connectivity index (χ4v) is 5.72. The maximum atomic E-state index is 12.9. The van der Waals surface area contributed by atoms with Gasteiger partial charge >= 0.3 is 0 Å². The number of carbonyl (C=O) groups is 1. The zero-order chi connectivity index (χ0) is 24.9. The standard InChI is InChI=1S/C27H27N3O4S2/c1-29-26(32)25-23(10-17-35-25)28-27(29)36-18-19-2-4-20(5-3-19)24(31)21-6-8-22(9-7-21)34-16-13-30-11-14-33-15-12-30/h2-10,17H,11-16,18H2,1H3. The van der Waals surface area contributed by atoms with Crippen LogP contribution in [0.2, 0.25) is 0 Å². The van der Waals surface area contributed by atoms with Crippen LogP contribution >= 0.6 is 23.1 Å². The van der Waals surface area contributed by atoms with Gasteiger partial charge in [-0.1, -0.05) is 36.0 Å². The first-order valence-electron chi connectivity index (χ1n) is 11.8. The first-order chi connectivity index (χ1) is 17.6. The van der Waals surface area contributed by atoms with Crippen molar-refractivity contribution in [1.29, 1.82) is 0 Å². The first-order valence-corrected chi connectivity index (χ1v) is 13.7. The van der Waals surface area contributed by atoms with Gasteiger partial charge in [0.1, 0.15) is 17.1 Å². The van der Waals surface area contributed by atoms with Crippen LogP contribution in [-0.2, 0) is 17.5 Å². The van der Waals surface area contributed by atoms with Gasteiger partial charge in [-0.15, -0.1) is 11.3 Å². The molecule has 1 aliphatic heterocycles. The molecule has 0 atom stereocenters. The summed E-state index contributed by atoms with van der Waals surface area (Å²) in [4.78, 5) is 32.4. The Morgan fingerprint density at radius 3 is 2.47 bits per heavy atom. The van der Waals surface area contributed by atoms with E-state index in [1.54, 1.807) is 11.6 Å². The molecule has 4 aromatic rings. The summed E-state index contributed by atoms with van der Waals surface area (Å²) in [6.45, 7) is 4.91. The lowest BCUT2D eigenvalue weighted by Crippen LogP contribution is -2.38. The number of thioether (sulfide) groups is 1. The van der Waals surface area contributed by atoms with E-state index < -0.39 is 0 Å². The number of morpholine rings is 1. The highest BCUT2D eigenvalue weighted by Crippen LogP contribution is 2.24. The highest BCUT2D eigenvalue weighted by molar-refractivity contribution is 7.98. The summed E-state index contributed by atoms with van der Waals surface area (Å²) in [7, 11) is 1.75. The summed E-state index contributed by atoms with van der Waals surface area (Å²) in [5, 5.41) is 2.56. The summed E-state index contributed by atoms with van der Waals surface area (Å²) in [6.07, 6.45) is 0. The molecule has 2 aromatic carbocycles. The van der Waals surface area contributed by atoms with Gasteiger partial charge in [-0.25, -0.2) is 4.98 Å². The Balaban J connectivity index is 1.16. The number of fused-ring (bicyclic) bond motifs is 1. The first kappa shape index (κ1) is 24.7. The van der Waals surface area contributed by atoms with Crippen LogP contribution in [0.1, 0.15) is 21.5 Å². The van der Waals surface area contributed by atoms with E-state index in [2.05, 4.69) is 9.88 Å². The van der Waals surface area contributed by atoms with Gasteiger partial charge in [0.05, 0.1) is 18.7 Å². The minimum atomic E-state index is -0.0268. The summed E-state index contributed by atoms with van der Waals surface area (Å²) >= 11 is 2.92. The van der Waals surface area contributed by atoms with Gasteiger partial charge in [0.15, 0.2) is 10.9 Å². The smallest absolute Gasteiger partial charge is 0.271 e. The van der Waals surface area contributed by atoms with Crippen molar-refractivity contribution < 1.29 is 14.3 Å². The number of ketones is 1. The van der Waals surface area contributed by atoms with Crippen LogP contribution in [0, 0.1) is 0 Å². The molecule has 1 aliphatic rings. The lowest BCUT2D eigenvalue weighted by Gasteiger charge is -2.26. The van der Waals surface area contributed by atoms with E-state index in [0.717, 1.165) is 49.7 Å². The maximum absolute atomic E-state index is 12.9. The third kappa shape index (κ3) is 5.70. The van der Waals surface area contributed by atoms with Crippen molar-refractivity contribution in [2.45, 2.75) is 10.9 Å². The van der Waals surface area contributed by atoms with Crippen LogP contribution in [0.3, 0.4) is 0 Å². The van der Waals surface area contributed by atoms with Gasteiger partial charge in [0.2, 0.25) is 0 Å². The molecule has 1 fully saturated rings. The number of rotatable bonds is 9. The summed E-state index contributed by atoms with van der Waals surface area (Å²) < 4.78 is 13.5. The van der Waals surface area contributed by atoms with Crippen LogP contribution in [0.25, 0.3) is 10.2 Å². The van der Waals surface area contributed by atoms with Gasteiger partial charge < -0.3 is 9.47 Å². The van der Waals surface area contributed by atoms with Gasteiger partial charge in [0, 0.05) is 43.6 Å². The average molecular weight is 522 g/mol. The Morgan fingerprint density at radius 2 is 1.75 bits per heavy atom. The molecule has 1 saturated heterocycles. The molecule has 186 valence electrons. The van der Waals surface area contributed by atoms with Crippen molar-refractivity contribution in [2.75, 3.05) is 39.5 Å². The molecule has 3 heterocycles. The fourth-order valence-electron chi connectivity index (χ4n) is 3.98. The van der Waals surface area contributed by atoms with Crippen molar-refractivity contribution in [3.63, 3.8) is 0 Å². The Morgan fingerprint density at radius 1 is 1.06 bits per heavy atom. The van der Waals surface area contributed by atoms with Crippen molar-refractivity contribution in [1.82, 2.24) is 14.5 Å². The fraction of sp³-hybridized carbons (Fsp3) is 0.296. The van der Waals surface area contributed by atoms with Crippen molar-refractivity contribution in [2.24, 2.45) is 7.05 Å². The number of carbonyl (C=O) groups excluding carboxylic acids is 1. The Kier molecular flexibility index (Phi) is 7.81. The van der Waals surface area contributed by atoms with Crippen LogP contribution in [-0.4, -0.2) is 59.7 Å². The highest BCUT2D eigenvalue weighted by atomic mass is 32.2. The maximum Gasteiger partial charge on any atom is 0.271 e. The Hall–Kier alpha value is -2.98. The van der Waals surface area contributed by atoms with E-state index in [-0.39, 0.29) is 11.3 Å². The van der Waals surface area contributed by atoms with E-state index in [1.165, 1.54) is 23.1 Å². The molecule has 0 unspecified atom stereocenters. The quantitative estimate of drug-likeness (QED) is 0.185. The predicted molar refractivity (Wildman–Crippen MR) is 143 cm³/mol. The highest BCUT2D eigenvalue weighted by Gasteiger charge is 2.13.